The number of carbonyl (C=O) groups is 2. The summed E-state index contributed by atoms with van der Waals surface area (Å²) in [4.78, 5) is 25.7. The van der Waals surface area contributed by atoms with Gasteiger partial charge in [0.15, 0.2) is 0 Å². The average molecular weight is 394 g/mol. The summed E-state index contributed by atoms with van der Waals surface area (Å²) < 4.78 is 10.6. The molecule has 0 aromatic heterocycles. The highest BCUT2D eigenvalue weighted by atomic mass is 28.3. The van der Waals surface area contributed by atoms with Crippen molar-refractivity contribution in [2.24, 2.45) is 0 Å². The summed E-state index contributed by atoms with van der Waals surface area (Å²) in [6.45, 7) is 9.59. The first-order valence-electron chi connectivity index (χ1n) is 9.43. The topological polar surface area (TPSA) is 79.9 Å². The molecule has 0 unspecified atom stereocenters. The molecule has 1 aliphatic rings. The lowest BCUT2D eigenvalue weighted by atomic mass is 10.2. The van der Waals surface area contributed by atoms with Crippen molar-refractivity contribution in [2.45, 2.75) is 38.3 Å². The Labute approximate surface area is 162 Å². The minimum Gasteiger partial charge on any atom is -0.450 e. The highest BCUT2D eigenvalue weighted by Gasteiger charge is 2.24. The Kier molecular flexibility index (Phi) is 8.12. The van der Waals surface area contributed by atoms with Crippen molar-refractivity contribution in [3.63, 3.8) is 0 Å². The number of rotatable bonds is 7. The molecule has 0 aliphatic carbocycles. The van der Waals surface area contributed by atoms with E-state index in [0.717, 1.165) is 11.6 Å². The minimum atomic E-state index is -1.21. The summed E-state index contributed by atoms with van der Waals surface area (Å²) in [5.41, 5.74) is 0.959. The molecule has 1 saturated heterocycles. The molecule has 1 aliphatic heterocycles. The molecule has 1 heterocycles. The molecular formula is C19H31N3O4Si. The summed E-state index contributed by atoms with van der Waals surface area (Å²) in [5, 5.41) is 6.07. The second kappa shape index (κ2) is 10.3. The molecule has 1 aromatic carbocycles. The first-order chi connectivity index (χ1) is 12.8. The molecule has 1 atom stereocenters. The van der Waals surface area contributed by atoms with Gasteiger partial charge >= 0.3 is 12.2 Å². The standard InChI is InChI=1S/C19H31N3O4Si/c1-27(2,3)12-11-25-18(23)21-13-17-14-22(10-9-20-17)19(24)26-15-16-7-5-4-6-8-16/h4-8,17,20H,9-15H2,1-3H3,(H,21,23)/t17-/m0/s1. The van der Waals surface area contributed by atoms with Crippen molar-refractivity contribution >= 4 is 20.3 Å². The van der Waals surface area contributed by atoms with Crippen LogP contribution in [0.3, 0.4) is 0 Å². The molecule has 1 aromatic rings. The van der Waals surface area contributed by atoms with E-state index in [2.05, 4.69) is 30.3 Å². The number of hydrogen-bond donors (Lipinski definition) is 2. The molecule has 0 radical (unpaired) electrons. The van der Waals surface area contributed by atoms with Crippen LogP contribution in [-0.4, -0.2) is 64.0 Å². The summed E-state index contributed by atoms with van der Waals surface area (Å²) in [5.74, 6) is 0. The average Bonchev–Trinajstić information content (AvgIpc) is 2.64. The Hall–Kier alpha value is -2.06. The van der Waals surface area contributed by atoms with E-state index in [0.29, 0.717) is 32.8 Å². The van der Waals surface area contributed by atoms with Crippen LogP contribution in [0.25, 0.3) is 0 Å². The van der Waals surface area contributed by atoms with Crippen molar-refractivity contribution in [1.29, 1.82) is 0 Å². The Bertz CT molecular complexity index is 607. The molecule has 2 N–H and O–H groups in total. The van der Waals surface area contributed by atoms with Gasteiger partial charge in [0.1, 0.15) is 6.61 Å². The lowest BCUT2D eigenvalue weighted by molar-refractivity contribution is 0.0846. The Morgan fingerprint density at radius 3 is 2.67 bits per heavy atom. The first kappa shape index (κ1) is 21.2. The SMILES string of the molecule is C[Si](C)(C)CCOC(=O)NC[C@H]1CN(C(=O)OCc2ccccc2)CCN1. The van der Waals surface area contributed by atoms with Crippen molar-refractivity contribution in [2.75, 3.05) is 32.8 Å². The zero-order valence-electron chi connectivity index (χ0n) is 16.5. The molecule has 150 valence electrons. The fourth-order valence-corrected chi connectivity index (χ4v) is 3.36. The normalized spacial score (nSPS) is 17.3. The summed E-state index contributed by atoms with van der Waals surface area (Å²) >= 11 is 0. The van der Waals surface area contributed by atoms with Crippen LogP contribution in [0.15, 0.2) is 30.3 Å². The van der Waals surface area contributed by atoms with Crippen molar-refractivity contribution < 1.29 is 19.1 Å². The number of piperazine rings is 1. The van der Waals surface area contributed by atoms with Crippen molar-refractivity contribution in [1.82, 2.24) is 15.5 Å². The van der Waals surface area contributed by atoms with Crippen LogP contribution < -0.4 is 10.6 Å². The van der Waals surface area contributed by atoms with Crippen molar-refractivity contribution in [3.8, 4) is 0 Å². The van der Waals surface area contributed by atoms with E-state index < -0.39 is 14.2 Å². The predicted octanol–water partition coefficient (Wildman–Crippen LogP) is 2.66. The van der Waals surface area contributed by atoms with E-state index in [1.807, 2.05) is 30.3 Å². The fourth-order valence-electron chi connectivity index (χ4n) is 2.65. The Balaban J connectivity index is 1.67. The minimum absolute atomic E-state index is 0.0208. The van der Waals surface area contributed by atoms with Crippen LogP contribution >= 0.6 is 0 Å². The van der Waals surface area contributed by atoms with Crippen LogP contribution in [0.2, 0.25) is 25.7 Å². The van der Waals surface area contributed by atoms with Crippen LogP contribution in [0, 0.1) is 0 Å². The number of hydrogen-bond acceptors (Lipinski definition) is 5. The maximum Gasteiger partial charge on any atom is 0.410 e. The zero-order chi connectivity index (χ0) is 19.7. The predicted molar refractivity (Wildman–Crippen MR) is 107 cm³/mol. The van der Waals surface area contributed by atoms with E-state index in [1.165, 1.54) is 0 Å². The van der Waals surface area contributed by atoms with Crippen LogP contribution in [0.1, 0.15) is 5.56 Å². The van der Waals surface area contributed by atoms with E-state index in [9.17, 15) is 9.59 Å². The Morgan fingerprint density at radius 2 is 1.96 bits per heavy atom. The maximum atomic E-state index is 12.3. The smallest absolute Gasteiger partial charge is 0.410 e. The quantitative estimate of drug-likeness (QED) is 0.696. The zero-order valence-corrected chi connectivity index (χ0v) is 17.5. The van der Waals surface area contributed by atoms with Gasteiger partial charge in [0, 0.05) is 40.3 Å². The number of nitrogens with zero attached hydrogens (tertiary/aromatic N) is 1. The maximum absolute atomic E-state index is 12.3. The molecule has 0 bridgehead atoms. The molecule has 8 heteroatoms. The number of carbonyl (C=O) groups excluding carboxylic acids is 2. The van der Waals surface area contributed by atoms with E-state index >= 15 is 0 Å². The van der Waals surface area contributed by atoms with E-state index in [1.54, 1.807) is 4.90 Å². The highest BCUT2D eigenvalue weighted by molar-refractivity contribution is 6.76. The Morgan fingerprint density at radius 1 is 1.22 bits per heavy atom. The third kappa shape index (κ3) is 8.44. The number of ether oxygens (including phenoxy) is 2. The number of nitrogens with one attached hydrogen (secondary N) is 2. The highest BCUT2D eigenvalue weighted by Crippen LogP contribution is 2.08. The number of benzene rings is 1. The largest absolute Gasteiger partial charge is 0.450 e. The lowest BCUT2D eigenvalue weighted by Gasteiger charge is -2.33. The molecular weight excluding hydrogens is 362 g/mol. The molecule has 2 amide bonds. The summed E-state index contributed by atoms with van der Waals surface area (Å²) in [6, 6.07) is 10.5. The fraction of sp³-hybridized carbons (Fsp3) is 0.579. The monoisotopic (exact) mass is 393 g/mol. The van der Waals surface area contributed by atoms with Gasteiger partial charge in [0.05, 0.1) is 6.61 Å². The molecule has 0 saturated carbocycles. The number of alkyl carbamates (subject to hydrolysis) is 1. The molecule has 2 rings (SSSR count). The van der Waals surface area contributed by atoms with Gasteiger partial charge in [0.2, 0.25) is 0 Å². The van der Waals surface area contributed by atoms with Gasteiger partial charge in [-0.1, -0.05) is 50.0 Å². The van der Waals surface area contributed by atoms with Crippen LogP contribution in [0.4, 0.5) is 9.59 Å². The second-order valence-corrected chi connectivity index (χ2v) is 13.6. The summed E-state index contributed by atoms with van der Waals surface area (Å²) in [7, 11) is -1.21. The first-order valence-corrected chi connectivity index (χ1v) is 13.1. The molecule has 0 spiro atoms. The van der Waals surface area contributed by atoms with Gasteiger partial charge in [-0.25, -0.2) is 9.59 Å². The third-order valence-corrected chi connectivity index (χ3v) is 6.00. The third-order valence-electron chi connectivity index (χ3n) is 4.30. The van der Waals surface area contributed by atoms with Gasteiger partial charge in [0.25, 0.3) is 0 Å². The molecule has 7 nitrogen and oxygen atoms in total. The lowest BCUT2D eigenvalue weighted by Crippen LogP contribution is -2.56. The van der Waals surface area contributed by atoms with Crippen molar-refractivity contribution in [3.05, 3.63) is 35.9 Å². The van der Waals surface area contributed by atoms with Crippen LogP contribution in [0.5, 0.6) is 0 Å². The van der Waals surface area contributed by atoms with Gasteiger partial charge in [-0.15, -0.1) is 0 Å². The number of amides is 2. The summed E-state index contributed by atoms with van der Waals surface area (Å²) in [6.07, 6.45) is -0.734. The molecule has 1 fully saturated rings. The van der Waals surface area contributed by atoms with E-state index in [-0.39, 0.29) is 18.7 Å². The van der Waals surface area contributed by atoms with Gasteiger partial charge in [-0.3, -0.25) is 0 Å². The van der Waals surface area contributed by atoms with Gasteiger partial charge < -0.3 is 25.0 Å². The van der Waals surface area contributed by atoms with Gasteiger partial charge in [-0.2, -0.15) is 0 Å². The molecule has 27 heavy (non-hydrogen) atoms. The van der Waals surface area contributed by atoms with E-state index in [4.69, 9.17) is 9.47 Å². The second-order valence-electron chi connectivity index (χ2n) is 7.96. The van der Waals surface area contributed by atoms with Gasteiger partial charge in [-0.05, 0) is 11.6 Å². The van der Waals surface area contributed by atoms with Crippen LogP contribution in [-0.2, 0) is 16.1 Å².